The van der Waals surface area contributed by atoms with Crippen molar-refractivity contribution in [2.75, 3.05) is 6.54 Å². The van der Waals surface area contributed by atoms with E-state index in [1.807, 2.05) is 13.8 Å². The van der Waals surface area contributed by atoms with Crippen LogP contribution in [-0.2, 0) is 9.59 Å². The second kappa shape index (κ2) is 3.30. The van der Waals surface area contributed by atoms with Gasteiger partial charge in [0.2, 0.25) is 11.8 Å². The summed E-state index contributed by atoms with van der Waals surface area (Å²) in [6, 6.07) is -0.0493. The molecule has 4 nitrogen and oxygen atoms in total. The van der Waals surface area contributed by atoms with E-state index in [0.717, 1.165) is 12.8 Å². The number of rotatable bonds is 3. The van der Waals surface area contributed by atoms with E-state index in [2.05, 4.69) is 0 Å². The van der Waals surface area contributed by atoms with Crippen molar-refractivity contribution in [2.45, 2.75) is 39.2 Å². The lowest BCUT2D eigenvalue weighted by atomic mass is 9.92. The lowest BCUT2D eigenvalue weighted by molar-refractivity contribution is -0.143. The minimum Gasteiger partial charge on any atom is -0.328 e. The summed E-state index contributed by atoms with van der Waals surface area (Å²) >= 11 is 0. The van der Waals surface area contributed by atoms with Gasteiger partial charge < -0.3 is 5.73 Å². The topological polar surface area (TPSA) is 63.4 Å². The maximum absolute atomic E-state index is 12.0. The Hall–Kier alpha value is -0.900. The van der Waals surface area contributed by atoms with Crippen molar-refractivity contribution >= 4 is 11.8 Å². The number of nitrogens with zero attached hydrogens (tertiary/aromatic N) is 1. The van der Waals surface area contributed by atoms with E-state index in [4.69, 9.17) is 5.73 Å². The molecule has 2 rings (SSSR count). The number of carbonyl (C=O) groups is 2. The molecule has 2 amide bonds. The Balaban J connectivity index is 2.20. The van der Waals surface area contributed by atoms with Crippen LogP contribution in [0.5, 0.6) is 0 Å². The first-order chi connectivity index (χ1) is 6.97. The van der Waals surface area contributed by atoms with Gasteiger partial charge >= 0.3 is 0 Å². The van der Waals surface area contributed by atoms with Gasteiger partial charge in [0.25, 0.3) is 0 Å². The highest BCUT2D eigenvalue weighted by molar-refractivity contribution is 6.05. The van der Waals surface area contributed by atoms with Crippen LogP contribution in [0.15, 0.2) is 0 Å². The van der Waals surface area contributed by atoms with E-state index in [9.17, 15) is 9.59 Å². The molecule has 1 heterocycles. The Bertz CT molecular complexity index is 308. The van der Waals surface area contributed by atoms with Crippen LogP contribution in [0.3, 0.4) is 0 Å². The van der Waals surface area contributed by atoms with E-state index < -0.39 is 5.41 Å². The van der Waals surface area contributed by atoms with Gasteiger partial charge in [-0.1, -0.05) is 13.8 Å². The van der Waals surface area contributed by atoms with Crippen LogP contribution in [0.2, 0.25) is 0 Å². The molecule has 1 saturated carbocycles. The lowest BCUT2D eigenvalue weighted by Crippen LogP contribution is -2.46. The van der Waals surface area contributed by atoms with Gasteiger partial charge in [-0.15, -0.1) is 0 Å². The van der Waals surface area contributed by atoms with Crippen LogP contribution in [0.25, 0.3) is 0 Å². The maximum atomic E-state index is 12.0. The minimum atomic E-state index is -0.528. The standard InChI is InChI=1S/C11H18N2O2/c1-11(2)5-9(14)13(10(11)15)8(6-12)7-3-4-7/h7-8H,3-6,12H2,1-2H3. The molecule has 15 heavy (non-hydrogen) atoms. The summed E-state index contributed by atoms with van der Waals surface area (Å²) in [4.78, 5) is 25.2. The molecular weight excluding hydrogens is 192 g/mol. The molecule has 1 aliphatic carbocycles. The van der Waals surface area contributed by atoms with Gasteiger partial charge in [-0.2, -0.15) is 0 Å². The summed E-state index contributed by atoms with van der Waals surface area (Å²) in [5.74, 6) is 0.360. The van der Waals surface area contributed by atoms with Crippen molar-refractivity contribution in [3.05, 3.63) is 0 Å². The van der Waals surface area contributed by atoms with E-state index in [1.54, 1.807) is 0 Å². The Morgan fingerprint density at radius 3 is 2.40 bits per heavy atom. The quantitative estimate of drug-likeness (QED) is 0.690. The number of hydrogen-bond donors (Lipinski definition) is 1. The summed E-state index contributed by atoms with van der Waals surface area (Å²) in [5, 5.41) is 0. The van der Waals surface area contributed by atoms with Gasteiger partial charge in [0.1, 0.15) is 0 Å². The summed E-state index contributed by atoms with van der Waals surface area (Å²) in [5.41, 5.74) is 5.13. The molecule has 1 atom stereocenters. The van der Waals surface area contributed by atoms with Crippen molar-refractivity contribution in [1.82, 2.24) is 4.90 Å². The normalized spacial score (nSPS) is 27.3. The Morgan fingerprint density at radius 1 is 1.47 bits per heavy atom. The molecule has 84 valence electrons. The lowest BCUT2D eigenvalue weighted by Gasteiger charge is -2.26. The van der Waals surface area contributed by atoms with Crippen molar-refractivity contribution in [2.24, 2.45) is 17.1 Å². The largest absolute Gasteiger partial charge is 0.328 e. The Labute approximate surface area is 89.8 Å². The average molecular weight is 210 g/mol. The fraction of sp³-hybridized carbons (Fsp3) is 0.818. The second-order valence-electron chi connectivity index (χ2n) is 5.27. The van der Waals surface area contributed by atoms with Crippen LogP contribution in [-0.4, -0.2) is 29.3 Å². The van der Waals surface area contributed by atoms with Crippen molar-refractivity contribution in [1.29, 1.82) is 0 Å². The number of likely N-dealkylation sites (tertiary alicyclic amines) is 1. The summed E-state index contributed by atoms with van der Waals surface area (Å²) in [6.45, 7) is 4.06. The highest BCUT2D eigenvalue weighted by Crippen LogP contribution is 2.40. The average Bonchev–Trinajstić information content (AvgIpc) is 2.91. The van der Waals surface area contributed by atoms with Gasteiger partial charge in [-0.3, -0.25) is 14.5 Å². The molecular formula is C11H18N2O2. The fourth-order valence-corrected chi connectivity index (χ4v) is 2.30. The number of nitrogens with two attached hydrogens (primary N) is 1. The zero-order chi connectivity index (χ0) is 11.2. The number of carbonyl (C=O) groups excluding carboxylic acids is 2. The molecule has 1 saturated heterocycles. The van der Waals surface area contributed by atoms with Crippen molar-refractivity contribution < 1.29 is 9.59 Å². The molecule has 1 aliphatic heterocycles. The van der Waals surface area contributed by atoms with Gasteiger partial charge in [0, 0.05) is 13.0 Å². The molecule has 2 N–H and O–H groups in total. The van der Waals surface area contributed by atoms with E-state index in [0.29, 0.717) is 18.9 Å². The first-order valence-electron chi connectivity index (χ1n) is 5.54. The number of amides is 2. The maximum Gasteiger partial charge on any atom is 0.235 e. The van der Waals surface area contributed by atoms with Crippen LogP contribution < -0.4 is 5.73 Å². The third kappa shape index (κ3) is 1.67. The molecule has 0 radical (unpaired) electrons. The second-order valence-corrected chi connectivity index (χ2v) is 5.27. The molecule has 2 fully saturated rings. The Kier molecular flexibility index (Phi) is 2.34. The number of imide groups is 1. The smallest absolute Gasteiger partial charge is 0.235 e. The Morgan fingerprint density at radius 2 is 2.07 bits per heavy atom. The van der Waals surface area contributed by atoms with Gasteiger partial charge in [-0.05, 0) is 18.8 Å². The summed E-state index contributed by atoms with van der Waals surface area (Å²) in [7, 11) is 0. The first kappa shape index (κ1) is 10.6. The van der Waals surface area contributed by atoms with Gasteiger partial charge in [-0.25, -0.2) is 0 Å². The molecule has 0 spiro atoms. The molecule has 0 aromatic heterocycles. The number of hydrogen-bond acceptors (Lipinski definition) is 3. The molecule has 0 bridgehead atoms. The highest BCUT2D eigenvalue weighted by Gasteiger charge is 2.50. The van der Waals surface area contributed by atoms with Crippen LogP contribution in [0, 0.1) is 11.3 Å². The van der Waals surface area contributed by atoms with Gasteiger partial charge in [0.05, 0.1) is 11.5 Å². The molecule has 0 aromatic carbocycles. The predicted molar refractivity (Wildman–Crippen MR) is 55.8 cm³/mol. The molecule has 0 aromatic rings. The SMILES string of the molecule is CC1(C)CC(=O)N(C(CN)C2CC2)C1=O. The third-order valence-electron chi connectivity index (χ3n) is 3.40. The molecule has 1 unspecified atom stereocenters. The zero-order valence-electron chi connectivity index (χ0n) is 9.32. The predicted octanol–water partition coefficient (Wildman–Crippen LogP) is 0.509. The monoisotopic (exact) mass is 210 g/mol. The highest BCUT2D eigenvalue weighted by atomic mass is 16.2. The van der Waals surface area contributed by atoms with E-state index in [1.165, 1.54) is 4.90 Å². The summed E-state index contributed by atoms with van der Waals surface area (Å²) < 4.78 is 0. The molecule has 2 aliphatic rings. The first-order valence-corrected chi connectivity index (χ1v) is 5.54. The van der Waals surface area contributed by atoms with Crippen LogP contribution in [0.4, 0.5) is 0 Å². The van der Waals surface area contributed by atoms with Gasteiger partial charge in [0.15, 0.2) is 0 Å². The minimum absolute atomic E-state index is 0.0464. The summed E-state index contributed by atoms with van der Waals surface area (Å²) in [6.07, 6.45) is 2.52. The van der Waals surface area contributed by atoms with E-state index in [-0.39, 0.29) is 17.9 Å². The fourth-order valence-electron chi connectivity index (χ4n) is 2.30. The third-order valence-corrected chi connectivity index (χ3v) is 3.40. The van der Waals surface area contributed by atoms with Crippen molar-refractivity contribution in [3.63, 3.8) is 0 Å². The zero-order valence-corrected chi connectivity index (χ0v) is 9.32. The van der Waals surface area contributed by atoms with Crippen molar-refractivity contribution in [3.8, 4) is 0 Å². The molecule has 4 heteroatoms. The van der Waals surface area contributed by atoms with E-state index >= 15 is 0 Å². The van der Waals surface area contributed by atoms with Crippen LogP contribution >= 0.6 is 0 Å². The van der Waals surface area contributed by atoms with Crippen LogP contribution in [0.1, 0.15) is 33.1 Å².